The Morgan fingerprint density at radius 3 is 2.68 bits per heavy atom. The second-order valence-corrected chi connectivity index (χ2v) is 8.73. The number of anilines is 1. The lowest BCUT2D eigenvalue weighted by Gasteiger charge is -2.22. The number of likely N-dealkylation sites (N-methyl/N-ethyl adjacent to an activating group) is 1. The lowest BCUT2D eigenvalue weighted by molar-refractivity contribution is 0.0343. The lowest BCUT2D eigenvalue weighted by atomic mass is 10.1. The van der Waals surface area contributed by atoms with Crippen molar-refractivity contribution < 1.29 is 9.53 Å². The molecule has 178 valence electrons. The number of aromatic nitrogens is 2. The molecule has 3 aromatic rings. The van der Waals surface area contributed by atoms with Gasteiger partial charge in [0.25, 0.3) is 5.91 Å². The summed E-state index contributed by atoms with van der Waals surface area (Å²) in [4.78, 5) is 25.9. The molecule has 0 saturated carbocycles. The van der Waals surface area contributed by atoms with Crippen LogP contribution >= 0.6 is 0 Å². The highest BCUT2D eigenvalue weighted by Gasteiger charge is 2.26. The summed E-state index contributed by atoms with van der Waals surface area (Å²) in [5, 5.41) is 3.21. The third-order valence-corrected chi connectivity index (χ3v) is 6.12. The third-order valence-electron chi connectivity index (χ3n) is 6.12. The smallest absolute Gasteiger partial charge is 0.259 e. The van der Waals surface area contributed by atoms with E-state index in [1.165, 1.54) is 5.56 Å². The number of nitrogens with zero attached hydrogens (tertiary/aromatic N) is 4. The second-order valence-electron chi connectivity index (χ2n) is 8.73. The molecule has 1 aromatic heterocycles. The Morgan fingerprint density at radius 1 is 1.09 bits per heavy atom. The van der Waals surface area contributed by atoms with Gasteiger partial charge in [-0.25, -0.2) is 9.97 Å². The number of hydrogen-bond acceptors (Lipinski definition) is 6. The molecule has 0 spiro atoms. The molecule has 7 heteroatoms. The Bertz CT molecular complexity index is 1110. The fourth-order valence-corrected chi connectivity index (χ4v) is 4.22. The van der Waals surface area contributed by atoms with Gasteiger partial charge in [0.2, 0.25) is 0 Å². The van der Waals surface area contributed by atoms with Gasteiger partial charge in [0, 0.05) is 32.9 Å². The van der Waals surface area contributed by atoms with E-state index in [1.54, 1.807) is 6.20 Å². The minimum atomic E-state index is -0.0304. The van der Waals surface area contributed by atoms with Gasteiger partial charge in [0.05, 0.1) is 12.7 Å². The number of rotatable bonds is 9. The molecule has 0 fully saturated rings. The van der Waals surface area contributed by atoms with Crippen molar-refractivity contribution in [3.8, 4) is 0 Å². The number of benzene rings is 2. The summed E-state index contributed by atoms with van der Waals surface area (Å²) < 4.78 is 6.33. The Balaban J connectivity index is 1.45. The van der Waals surface area contributed by atoms with Crippen LogP contribution < -0.4 is 10.2 Å². The first kappa shape index (κ1) is 23.9. The first-order chi connectivity index (χ1) is 16.5. The van der Waals surface area contributed by atoms with Crippen LogP contribution in [0, 0.1) is 6.92 Å². The van der Waals surface area contributed by atoms with E-state index in [0.29, 0.717) is 36.9 Å². The topological polar surface area (TPSA) is 70.6 Å². The van der Waals surface area contributed by atoms with Crippen molar-refractivity contribution in [3.63, 3.8) is 0 Å². The molecule has 7 nitrogen and oxygen atoms in total. The molecule has 1 unspecified atom stereocenters. The predicted octanol–water partition coefficient (Wildman–Crippen LogP) is 3.74. The normalized spacial score (nSPS) is 14.6. The number of nitrogens with one attached hydrogen (secondary N) is 1. The van der Waals surface area contributed by atoms with Gasteiger partial charge in [-0.1, -0.05) is 54.6 Å². The standard InChI is InChI=1S/C27H33N5O2/c1-20-29-17-24-26(30-20)31(3)14-15-32(27(24)33)18-21-8-7-9-22(16-21)19-34-25(12-13-28-2)23-10-5-4-6-11-23/h4-11,16-17,25,28H,12-15,18-19H2,1-3H3. The van der Waals surface area contributed by atoms with E-state index in [2.05, 4.69) is 45.6 Å². The maximum Gasteiger partial charge on any atom is 0.259 e. The van der Waals surface area contributed by atoms with Crippen molar-refractivity contribution in [3.05, 3.63) is 88.9 Å². The highest BCUT2D eigenvalue weighted by atomic mass is 16.5. The molecule has 2 heterocycles. The molecule has 1 atom stereocenters. The summed E-state index contributed by atoms with van der Waals surface area (Å²) in [6, 6.07) is 18.7. The lowest BCUT2D eigenvalue weighted by Crippen LogP contribution is -2.33. The minimum Gasteiger partial charge on any atom is -0.369 e. The zero-order valence-electron chi connectivity index (χ0n) is 20.2. The summed E-state index contributed by atoms with van der Waals surface area (Å²) in [5.41, 5.74) is 3.92. The minimum absolute atomic E-state index is 0.0278. The third kappa shape index (κ3) is 5.79. The van der Waals surface area contributed by atoms with Gasteiger partial charge in [-0.3, -0.25) is 4.79 Å². The monoisotopic (exact) mass is 459 g/mol. The quantitative estimate of drug-likeness (QED) is 0.526. The molecule has 0 bridgehead atoms. The van der Waals surface area contributed by atoms with E-state index < -0.39 is 0 Å². The van der Waals surface area contributed by atoms with Crippen molar-refractivity contribution in [1.82, 2.24) is 20.2 Å². The van der Waals surface area contributed by atoms with Crippen LogP contribution in [-0.2, 0) is 17.9 Å². The fraction of sp³-hybridized carbons (Fsp3) is 0.370. The van der Waals surface area contributed by atoms with Crippen molar-refractivity contribution in [1.29, 1.82) is 0 Å². The molecule has 1 aliphatic heterocycles. The average Bonchev–Trinajstić information content (AvgIpc) is 2.97. The van der Waals surface area contributed by atoms with Gasteiger partial charge in [-0.2, -0.15) is 0 Å². The van der Waals surface area contributed by atoms with Gasteiger partial charge in [-0.15, -0.1) is 0 Å². The van der Waals surface area contributed by atoms with Crippen LogP contribution in [0.5, 0.6) is 0 Å². The van der Waals surface area contributed by atoms with E-state index in [1.807, 2.05) is 55.1 Å². The number of amides is 1. The summed E-state index contributed by atoms with van der Waals surface area (Å²) in [6.45, 7) is 5.14. The molecule has 34 heavy (non-hydrogen) atoms. The highest BCUT2D eigenvalue weighted by molar-refractivity contribution is 5.99. The van der Waals surface area contributed by atoms with Crippen LogP contribution in [0.2, 0.25) is 0 Å². The maximum absolute atomic E-state index is 13.2. The van der Waals surface area contributed by atoms with Gasteiger partial charge in [-0.05, 0) is 43.6 Å². The number of carbonyl (C=O) groups is 1. The summed E-state index contributed by atoms with van der Waals surface area (Å²) in [5.74, 6) is 1.34. The van der Waals surface area contributed by atoms with Crippen LogP contribution in [-0.4, -0.2) is 54.5 Å². The van der Waals surface area contributed by atoms with Crippen LogP contribution in [0.3, 0.4) is 0 Å². The molecular formula is C27H33N5O2. The van der Waals surface area contributed by atoms with Crippen molar-refractivity contribution in [2.75, 3.05) is 38.6 Å². The molecule has 0 radical (unpaired) electrons. The first-order valence-corrected chi connectivity index (χ1v) is 11.8. The van der Waals surface area contributed by atoms with Crippen LogP contribution in [0.1, 0.15) is 45.4 Å². The molecule has 1 amide bonds. The van der Waals surface area contributed by atoms with Crippen LogP contribution in [0.15, 0.2) is 60.8 Å². The van der Waals surface area contributed by atoms with Gasteiger partial charge in [0.1, 0.15) is 17.2 Å². The molecule has 1 aliphatic rings. The van der Waals surface area contributed by atoms with Gasteiger partial charge < -0.3 is 19.9 Å². The van der Waals surface area contributed by atoms with Crippen molar-refractivity contribution in [2.24, 2.45) is 0 Å². The predicted molar refractivity (Wildman–Crippen MR) is 134 cm³/mol. The Morgan fingerprint density at radius 2 is 1.88 bits per heavy atom. The largest absolute Gasteiger partial charge is 0.369 e. The number of ether oxygens (including phenoxy) is 1. The summed E-state index contributed by atoms with van der Waals surface area (Å²) in [6.07, 6.45) is 2.57. The number of fused-ring (bicyclic) bond motifs is 1. The fourth-order valence-electron chi connectivity index (χ4n) is 4.22. The van der Waals surface area contributed by atoms with E-state index in [9.17, 15) is 4.79 Å². The van der Waals surface area contributed by atoms with Crippen molar-refractivity contribution in [2.45, 2.75) is 32.6 Å². The van der Waals surface area contributed by atoms with Crippen LogP contribution in [0.25, 0.3) is 0 Å². The van der Waals surface area contributed by atoms with E-state index in [4.69, 9.17) is 4.74 Å². The summed E-state index contributed by atoms with van der Waals surface area (Å²) in [7, 11) is 3.93. The van der Waals surface area contributed by atoms with E-state index >= 15 is 0 Å². The summed E-state index contributed by atoms with van der Waals surface area (Å²) >= 11 is 0. The average molecular weight is 460 g/mol. The molecule has 0 saturated heterocycles. The first-order valence-electron chi connectivity index (χ1n) is 11.8. The molecule has 0 aliphatic carbocycles. The number of hydrogen-bond donors (Lipinski definition) is 1. The number of aryl methyl sites for hydroxylation is 1. The SMILES string of the molecule is CNCCC(OCc1cccc(CN2CCN(C)c3nc(C)ncc3C2=O)c1)c1ccccc1. The maximum atomic E-state index is 13.2. The molecular weight excluding hydrogens is 426 g/mol. The van der Waals surface area contributed by atoms with Gasteiger partial charge >= 0.3 is 0 Å². The Hall–Kier alpha value is -3.29. The molecule has 1 N–H and O–H groups in total. The zero-order chi connectivity index (χ0) is 23.9. The second kappa shape index (κ2) is 11.2. The van der Waals surface area contributed by atoms with Crippen molar-refractivity contribution >= 4 is 11.7 Å². The number of carbonyl (C=O) groups excluding carboxylic acids is 1. The highest BCUT2D eigenvalue weighted by Crippen LogP contribution is 2.24. The molecule has 4 rings (SSSR count). The Labute approximate surface area is 201 Å². The van der Waals surface area contributed by atoms with Crippen LogP contribution in [0.4, 0.5) is 5.82 Å². The molecule has 2 aromatic carbocycles. The Kier molecular flexibility index (Phi) is 7.87. The van der Waals surface area contributed by atoms with E-state index in [-0.39, 0.29) is 12.0 Å². The van der Waals surface area contributed by atoms with E-state index in [0.717, 1.165) is 30.6 Å². The van der Waals surface area contributed by atoms with Gasteiger partial charge in [0.15, 0.2) is 0 Å². The zero-order valence-corrected chi connectivity index (χ0v) is 20.2.